The molecule has 126 valence electrons. The highest BCUT2D eigenvalue weighted by molar-refractivity contribution is 4.91. The minimum Gasteiger partial charge on any atom is -0.314 e. The molecule has 1 heteroatoms. The fourth-order valence-corrected chi connectivity index (χ4v) is 3.98. The second-order valence-electron chi connectivity index (χ2n) is 7.38. The molecule has 0 aromatic carbocycles. The van der Waals surface area contributed by atoms with E-state index in [1.54, 1.807) is 0 Å². The number of hydrogen-bond acceptors (Lipinski definition) is 1. The van der Waals surface area contributed by atoms with E-state index in [1.165, 1.54) is 109 Å². The highest BCUT2D eigenvalue weighted by atomic mass is 14.9. The fraction of sp³-hybridized carbons (Fsp3) is 1.00. The van der Waals surface area contributed by atoms with Gasteiger partial charge in [-0.3, -0.25) is 0 Å². The lowest BCUT2D eigenvalue weighted by Crippen LogP contribution is -2.39. The third-order valence-electron chi connectivity index (χ3n) is 5.60. The zero-order chi connectivity index (χ0) is 15.2. The van der Waals surface area contributed by atoms with Crippen LogP contribution in [0.15, 0.2) is 0 Å². The van der Waals surface area contributed by atoms with E-state index in [1.807, 2.05) is 0 Å². The van der Waals surface area contributed by atoms with Crippen molar-refractivity contribution in [1.29, 1.82) is 0 Å². The highest BCUT2D eigenvalue weighted by Crippen LogP contribution is 2.33. The molecular formula is C20H41N. The van der Waals surface area contributed by atoms with Gasteiger partial charge in [-0.05, 0) is 26.3 Å². The predicted molar refractivity (Wildman–Crippen MR) is 96.0 cm³/mol. The van der Waals surface area contributed by atoms with Gasteiger partial charge in [0.25, 0.3) is 0 Å². The molecule has 1 nitrogen and oxygen atoms in total. The Bertz CT molecular complexity index is 218. The molecule has 0 bridgehead atoms. The number of rotatable bonds is 14. The summed E-state index contributed by atoms with van der Waals surface area (Å²) >= 11 is 0. The lowest BCUT2D eigenvalue weighted by Gasteiger charge is -2.28. The van der Waals surface area contributed by atoms with Crippen molar-refractivity contribution in [3.05, 3.63) is 0 Å². The van der Waals surface area contributed by atoms with E-state index in [-0.39, 0.29) is 0 Å². The van der Waals surface area contributed by atoms with E-state index in [9.17, 15) is 0 Å². The zero-order valence-electron chi connectivity index (χ0n) is 15.0. The predicted octanol–water partition coefficient (Wildman–Crippen LogP) is 6.61. The van der Waals surface area contributed by atoms with Crippen LogP contribution < -0.4 is 5.32 Å². The van der Waals surface area contributed by atoms with Crippen molar-refractivity contribution < 1.29 is 0 Å². The van der Waals surface area contributed by atoms with Crippen LogP contribution in [0.2, 0.25) is 0 Å². The number of nitrogens with one attached hydrogen (secondary N) is 1. The summed E-state index contributed by atoms with van der Waals surface area (Å²) in [6.45, 7) is 2.30. The van der Waals surface area contributed by atoms with E-state index in [0.717, 1.165) is 0 Å². The molecule has 0 amide bonds. The van der Waals surface area contributed by atoms with Crippen LogP contribution in [0.3, 0.4) is 0 Å². The Morgan fingerprint density at radius 1 is 0.667 bits per heavy atom. The Morgan fingerprint density at radius 3 is 1.52 bits per heavy atom. The summed E-state index contributed by atoms with van der Waals surface area (Å²) in [6.07, 6.45) is 24.6. The van der Waals surface area contributed by atoms with Crippen LogP contribution in [0.25, 0.3) is 0 Å². The van der Waals surface area contributed by atoms with Crippen LogP contribution in [0.4, 0.5) is 0 Å². The average molecular weight is 296 g/mol. The van der Waals surface area contributed by atoms with Crippen LogP contribution in [0.5, 0.6) is 0 Å². The van der Waals surface area contributed by atoms with Crippen molar-refractivity contribution in [1.82, 2.24) is 5.32 Å². The molecule has 1 aliphatic rings. The largest absolute Gasteiger partial charge is 0.314 e. The van der Waals surface area contributed by atoms with Crippen molar-refractivity contribution in [2.75, 3.05) is 7.05 Å². The van der Waals surface area contributed by atoms with Crippen molar-refractivity contribution >= 4 is 0 Å². The van der Waals surface area contributed by atoms with Crippen LogP contribution in [-0.4, -0.2) is 12.6 Å². The summed E-state index contributed by atoms with van der Waals surface area (Å²) in [7, 11) is 2.17. The van der Waals surface area contributed by atoms with Gasteiger partial charge in [0.05, 0.1) is 0 Å². The third kappa shape index (κ3) is 8.86. The minimum absolute atomic E-state index is 0.526. The first-order valence-corrected chi connectivity index (χ1v) is 10.0. The summed E-state index contributed by atoms with van der Waals surface area (Å²) in [4.78, 5) is 0. The number of unbranched alkanes of at least 4 members (excludes halogenated alkanes) is 11. The highest BCUT2D eigenvalue weighted by Gasteiger charge is 2.30. The van der Waals surface area contributed by atoms with Crippen LogP contribution in [0, 0.1) is 0 Å². The van der Waals surface area contributed by atoms with Crippen molar-refractivity contribution in [3.8, 4) is 0 Å². The molecule has 0 aromatic heterocycles. The Labute approximate surface area is 134 Å². The van der Waals surface area contributed by atoms with Gasteiger partial charge >= 0.3 is 0 Å². The quantitative estimate of drug-likeness (QED) is 0.355. The van der Waals surface area contributed by atoms with E-state index >= 15 is 0 Å². The molecule has 21 heavy (non-hydrogen) atoms. The smallest absolute Gasteiger partial charge is 0.0178 e. The maximum Gasteiger partial charge on any atom is 0.0178 e. The monoisotopic (exact) mass is 295 g/mol. The molecule has 1 N–H and O–H groups in total. The molecule has 0 unspecified atom stereocenters. The summed E-state index contributed by atoms with van der Waals surface area (Å²) in [6, 6.07) is 0. The van der Waals surface area contributed by atoms with E-state index in [2.05, 4.69) is 19.3 Å². The SMILES string of the molecule is CCCCCCCCCCCCCCC1(NC)CCCC1. The van der Waals surface area contributed by atoms with Crippen molar-refractivity contribution in [2.24, 2.45) is 0 Å². The zero-order valence-corrected chi connectivity index (χ0v) is 15.0. The Kier molecular flexibility index (Phi) is 11.3. The Morgan fingerprint density at radius 2 is 1.10 bits per heavy atom. The van der Waals surface area contributed by atoms with Crippen LogP contribution in [0.1, 0.15) is 116 Å². The maximum absolute atomic E-state index is 3.62. The first-order valence-electron chi connectivity index (χ1n) is 10.0. The van der Waals surface area contributed by atoms with E-state index in [0.29, 0.717) is 5.54 Å². The molecule has 0 saturated heterocycles. The second kappa shape index (κ2) is 12.5. The summed E-state index contributed by atoms with van der Waals surface area (Å²) in [5, 5.41) is 3.62. The third-order valence-corrected chi connectivity index (χ3v) is 5.60. The van der Waals surface area contributed by atoms with Gasteiger partial charge in [0.1, 0.15) is 0 Å². The molecule has 1 aliphatic carbocycles. The van der Waals surface area contributed by atoms with Gasteiger partial charge in [-0.2, -0.15) is 0 Å². The molecule has 1 saturated carbocycles. The van der Waals surface area contributed by atoms with Gasteiger partial charge in [-0.25, -0.2) is 0 Å². The second-order valence-corrected chi connectivity index (χ2v) is 7.38. The summed E-state index contributed by atoms with van der Waals surface area (Å²) in [5.41, 5.74) is 0.526. The summed E-state index contributed by atoms with van der Waals surface area (Å²) < 4.78 is 0. The van der Waals surface area contributed by atoms with Gasteiger partial charge in [-0.15, -0.1) is 0 Å². The first kappa shape index (κ1) is 19.0. The van der Waals surface area contributed by atoms with Crippen molar-refractivity contribution in [2.45, 2.75) is 122 Å². The van der Waals surface area contributed by atoms with Crippen molar-refractivity contribution in [3.63, 3.8) is 0 Å². The standard InChI is InChI=1S/C20H41N/c1-3-4-5-6-7-8-9-10-11-12-13-14-17-20(21-2)18-15-16-19-20/h21H,3-19H2,1-2H3. The normalized spacial score (nSPS) is 17.4. The lowest BCUT2D eigenvalue weighted by atomic mass is 9.90. The molecule has 0 aromatic rings. The van der Waals surface area contributed by atoms with Gasteiger partial charge in [0.2, 0.25) is 0 Å². The summed E-state index contributed by atoms with van der Waals surface area (Å²) in [5.74, 6) is 0. The average Bonchev–Trinajstić information content (AvgIpc) is 2.98. The maximum atomic E-state index is 3.62. The molecule has 0 aliphatic heterocycles. The molecule has 0 atom stereocenters. The lowest BCUT2D eigenvalue weighted by molar-refractivity contribution is 0.319. The van der Waals surface area contributed by atoms with E-state index in [4.69, 9.17) is 0 Å². The first-order chi connectivity index (χ1) is 10.3. The van der Waals surface area contributed by atoms with E-state index < -0.39 is 0 Å². The van der Waals surface area contributed by atoms with Gasteiger partial charge in [-0.1, -0.05) is 96.8 Å². The fourth-order valence-electron chi connectivity index (χ4n) is 3.98. The Balaban J connectivity index is 1.80. The Hall–Kier alpha value is -0.0400. The van der Waals surface area contributed by atoms with Gasteiger partial charge in [0.15, 0.2) is 0 Å². The number of hydrogen-bond donors (Lipinski definition) is 1. The molecule has 0 heterocycles. The van der Waals surface area contributed by atoms with Crippen LogP contribution in [-0.2, 0) is 0 Å². The molecule has 0 spiro atoms. The van der Waals surface area contributed by atoms with Crippen LogP contribution >= 0.6 is 0 Å². The molecule has 0 radical (unpaired) electrons. The molecule has 1 rings (SSSR count). The molecule has 1 fully saturated rings. The van der Waals surface area contributed by atoms with Gasteiger partial charge < -0.3 is 5.32 Å². The minimum atomic E-state index is 0.526. The molecular weight excluding hydrogens is 254 g/mol. The van der Waals surface area contributed by atoms with Gasteiger partial charge in [0, 0.05) is 5.54 Å². The topological polar surface area (TPSA) is 12.0 Å².